The number of hydrogen-bond donors (Lipinski definition) is 3. The Morgan fingerprint density at radius 1 is 1.12 bits per heavy atom. The molecule has 2 heterocycles. The number of carbonyl (C=O) groups is 4. The highest BCUT2D eigenvalue weighted by molar-refractivity contribution is 7.91. The summed E-state index contributed by atoms with van der Waals surface area (Å²) in [5, 5.41) is 6.74. The number of benzene rings is 1. The van der Waals surface area contributed by atoms with Crippen LogP contribution in [0.4, 0.5) is 4.79 Å². The van der Waals surface area contributed by atoms with Gasteiger partial charge in [0.25, 0.3) is 5.91 Å². The van der Waals surface area contributed by atoms with E-state index in [-0.39, 0.29) is 25.3 Å². The molecule has 3 N–H and O–H groups in total. The number of likely N-dealkylation sites (tertiary alicyclic amines) is 1. The number of aromatic nitrogens is 1. The van der Waals surface area contributed by atoms with E-state index in [2.05, 4.69) is 26.9 Å². The van der Waals surface area contributed by atoms with Crippen LogP contribution in [0.5, 0.6) is 5.88 Å². The second kappa shape index (κ2) is 13.1. The molecule has 1 aromatic carbocycles. The Kier molecular flexibility index (Phi) is 9.71. The van der Waals surface area contributed by atoms with Gasteiger partial charge in [0.1, 0.15) is 29.3 Å². The van der Waals surface area contributed by atoms with Crippen LogP contribution in [-0.2, 0) is 29.1 Å². The summed E-state index contributed by atoms with van der Waals surface area (Å²) in [4.78, 5) is 60.5. The molecule has 49 heavy (non-hydrogen) atoms. The number of nitrogens with zero attached hydrogens (tertiary/aromatic N) is 2. The predicted octanol–water partition coefficient (Wildman–Crippen LogP) is 3.85. The van der Waals surface area contributed by atoms with E-state index in [1.54, 1.807) is 65.9 Å². The lowest BCUT2D eigenvalue weighted by Gasteiger charge is -2.36. The quantitative estimate of drug-likeness (QED) is 0.309. The van der Waals surface area contributed by atoms with Crippen LogP contribution in [0.3, 0.4) is 0 Å². The standard InChI is InChI=1S/C34H44ClN5O8S/c1-8-20-17-34(20,30(43)39-49(45,46)23-11-12-23)38-27(41)25-16-22(47-28-24-15-21(35)10-9-19(24)13-14-36-28)18-40(25)29(42)26(32(2,3)4)37-31(44)48-33(5,6)7/h8-10,13-15,20,22-23,25-26H,1,11-12,16-18H2,2-7H3,(H,37,44)(H,38,41)(H,39,43). The van der Waals surface area contributed by atoms with Crippen LogP contribution in [0.15, 0.2) is 43.1 Å². The fourth-order valence-electron chi connectivity index (χ4n) is 6.00. The fourth-order valence-corrected chi connectivity index (χ4v) is 7.54. The molecule has 0 bridgehead atoms. The third-order valence-electron chi connectivity index (χ3n) is 8.84. The van der Waals surface area contributed by atoms with E-state index in [1.165, 1.54) is 11.0 Å². The van der Waals surface area contributed by atoms with E-state index in [9.17, 15) is 27.6 Å². The average molecular weight is 718 g/mol. The fraction of sp³-hybridized carbons (Fsp3) is 0.559. The molecule has 1 saturated heterocycles. The Labute approximate surface area is 291 Å². The van der Waals surface area contributed by atoms with Gasteiger partial charge in [0.15, 0.2) is 0 Å². The highest BCUT2D eigenvalue weighted by Crippen LogP contribution is 2.45. The minimum Gasteiger partial charge on any atom is -0.472 e. The molecule has 266 valence electrons. The van der Waals surface area contributed by atoms with Crippen LogP contribution in [0.1, 0.15) is 67.2 Å². The normalized spacial score (nSPS) is 24.5. The lowest BCUT2D eigenvalue weighted by Crippen LogP contribution is -2.60. The number of sulfonamides is 1. The first-order valence-corrected chi connectivity index (χ1v) is 18.2. The smallest absolute Gasteiger partial charge is 0.408 e. The van der Waals surface area contributed by atoms with Crippen molar-refractivity contribution >= 4 is 56.2 Å². The maximum Gasteiger partial charge on any atom is 0.408 e. The maximum atomic E-state index is 14.4. The third-order valence-corrected chi connectivity index (χ3v) is 10.9. The molecular formula is C34H44ClN5O8S. The van der Waals surface area contributed by atoms with Gasteiger partial charge in [-0.25, -0.2) is 18.2 Å². The summed E-state index contributed by atoms with van der Waals surface area (Å²) in [6.07, 6.45) is 2.60. The summed E-state index contributed by atoms with van der Waals surface area (Å²) in [6.45, 7) is 14.1. The molecular weight excluding hydrogens is 674 g/mol. The first-order valence-electron chi connectivity index (χ1n) is 16.3. The molecule has 4 amide bonds. The zero-order chi connectivity index (χ0) is 36.1. The maximum absolute atomic E-state index is 14.4. The molecule has 3 fully saturated rings. The van der Waals surface area contributed by atoms with Crippen LogP contribution < -0.4 is 20.1 Å². The van der Waals surface area contributed by atoms with Crippen molar-refractivity contribution in [2.24, 2.45) is 11.3 Å². The highest BCUT2D eigenvalue weighted by atomic mass is 35.5. The Hall–Kier alpha value is -3.91. The molecule has 0 spiro atoms. The van der Waals surface area contributed by atoms with E-state index in [4.69, 9.17) is 21.1 Å². The molecule has 2 aromatic rings. The first kappa shape index (κ1) is 36.4. The number of ether oxygens (including phenoxy) is 2. The van der Waals surface area contributed by atoms with E-state index in [1.807, 2.05) is 6.07 Å². The third kappa shape index (κ3) is 8.12. The number of rotatable bonds is 10. The van der Waals surface area contributed by atoms with Gasteiger partial charge in [-0.2, -0.15) is 0 Å². The highest BCUT2D eigenvalue weighted by Gasteiger charge is 2.62. The van der Waals surface area contributed by atoms with E-state index >= 15 is 0 Å². The van der Waals surface area contributed by atoms with E-state index < -0.39 is 79.7 Å². The molecule has 1 aromatic heterocycles. The van der Waals surface area contributed by atoms with Crippen LogP contribution in [-0.4, -0.2) is 83.2 Å². The summed E-state index contributed by atoms with van der Waals surface area (Å²) in [5.74, 6) is -2.36. The zero-order valence-corrected chi connectivity index (χ0v) is 30.1. The van der Waals surface area contributed by atoms with E-state index in [0.717, 1.165) is 5.39 Å². The molecule has 5 unspecified atom stereocenters. The minimum atomic E-state index is -3.89. The average Bonchev–Trinajstić information content (AvgIpc) is 3.91. The number of carbonyl (C=O) groups excluding carboxylic acids is 4. The lowest BCUT2D eigenvalue weighted by molar-refractivity contribution is -0.143. The van der Waals surface area contributed by atoms with Crippen molar-refractivity contribution in [3.05, 3.63) is 48.1 Å². The van der Waals surface area contributed by atoms with Gasteiger partial charge in [0.2, 0.25) is 27.7 Å². The van der Waals surface area contributed by atoms with Gasteiger partial charge in [-0.15, -0.1) is 6.58 Å². The molecule has 2 saturated carbocycles. The molecule has 2 aliphatic carbocycles. The number of hydrogen-bond acceptors (Lipinski definition) is 9. The molecule has 15 heteroatoms. The topological polar surface area (TPSA) is 173 Å². The Morgan fingerprint density at radius 3 is 2.41 bits per heavy atom. The number of amides is 4. The number of alkyl carbamates (subject to hydrolysis) is 1. The Morgan fingerprint density at radius 2 is 1.82 bits per heavy atom. The summed E-state index contributed by atoms with van der Waals surface area (Å²) in [5.41, 5.74) is -3.20. The van der Waals surface area contributed by atoms with Crippen LogP contribution >= 0.6 is 11.6 Å². The van der Waals surface area contributed by atoms with Gasteiger partial charge >= 0.3 is 6.09 Å². The van der Waals surface area contributed by atoms with Gasteiger partial charge < -0.3 is 25.0 Å². The molecule has 5 rings (SSSR count). The zero-order valence-electron chi connectivity index (χ0n) is 28.5. The monoisotopic (exact) mass is 717 g/mol. The number of pyridine rings is 1. The van der Waals surface area contributed by atoms with Gasteiger partial charge in [0.05, 0.1) is 11.8 Å². The van der Waals surface area contributed by atoms with Gasteiger partial charge in [-0.3, -0.25) is 19.1 Å². The summed E-state index contributed by atoms with van der Waals surface area (Å²) in [6, 6.07) is 4.80. The van der Waals surface area contributed by atoms with Gasteiger partial charge in [-0.1, -0.05) is 44.5 Å². The van der Waals surface area contributed by atoms with Crippen molar-refractivity contribution < 1.29 is 37.1 Å². The van der Waals surface area contributed by atoms with Crippen molar-refractivity contribution in [3.63, 3.8) is 0 Å². The van der Waals surface area contributed by atoms with Crippen LogP contribution in [0.2, 0.25) is 5.02 Å². The predicted molar refractivity (Wildman–Crippen MR) is 183 cm³/mol. The number of nitrogens with one attached hydrogen (secondary N) is 3. The van der Waals surface area contributed by atoms with Crippen molar-refractivity contribution in [2.75, 3.05) is 6.54 Å². The second-order valence-corrected chi connectivity index (χ2v) is 17.5. The van der Waals surface area contributed by atoms with Crippen LogP contribution in [0.25, 0.3) is 10.8 Å². The van der Waals surface area contributed by atoms with Gasteiger partial charge in [0, 0.05) is 28.9 Å². The second-order valence-electron chi connectivity index (χ2n) is 15.1. The van der Waals surface area contributed by atoms with Gasteiger partial charge in [-0.05, 0) is 69.0 Å². The first-order chi connectivity index (χ1) is 22.7. The van der Waals surface area contributed by atoms with Crippen LogP contribution in [0, 0.1) is 11.3 Å². The molecule has 3 aliphatic rings. The van der Waals surface area contributed by atoms with Crippen molar-refractivity contribution in [2.45, 2.75) is 102 Å². The number of fused-ring (bicyclic) bond motifs is 1. The largest absolute Gasteiger partial charge is 0.472 e. The molecule has 0 radical (unpaired) electrons. The SMILES string of the molecule is C=CC1CC1(NC(=O)C1CC(Oc2nccc3ccc(Cl)cc23)CN1C(=O)C(NC(=O)OC(C)(C)C)C(C)(C)C)C(=O)NS(=O)(=O)C1CC1. The Bertz CT molecular complexity index is 1780. The minimum absolute atomic E-state index is 0.0103. The summed E-state index contributed by atoms with van der Waals surface area (Å²) >= 11 is 6.26. The van der Waals surface area contributed by atoms with Crippen molar-refractivity contribution in [1.82, 2.24) is 25.2 Å². The number of halogens is 1. The molecule has 13 nitrogen and oxygen atoms in total. The summed E-state index contributed by atoms with van der Waals surface area (Å²) < 4.78 is 39.2. The molecule has 5 atom stereocenters. The Balaban J connectivity index is 1.44. The molecule has 1 aliphatic heterocycles. The lowest BCUT2D eigenvalue weighted by atomic mass is 9.85. The summed E-state index contributed by atoms with van der Waals surface area (Å²) in [7, 11) is -3.89. The van der Waals surface area contributed by atoms with Crippen molar-refractivity contribution in [1.29, 1.82) is 0 Å². The van der Waals surface area contributed by atoms with Crippen molar-refractivity contribution in [3.8, 4) is 5.88 Å². The van der Waals surface area contributed by atoms with E-state index in [0.29, 0.717) is 23.3 Å².